The average molecular weight is 263 g/mol. The fourth-order valence-electron chi connectivity index (χ4n) is 1.34. The van der Waals surface area contributed by atoms with Crippen molar-refractivity contribution in [2.45, 2.75) is 39.8 Å². The van der Waals surface area contributed by atoms with Gasteiger partial charge in [-0.25, -0.2) is 0 Å². The minimum atomic E-state index is -3.12. The van der Waals surface area contributed by atoms with Crippen molar-refractivity contribution in [1.29, 1.82) is 0 Å². The maximum absolute atomic E-state index is 12.4. The number of allylic oxidation sites excluding steroid dienone is 2. The van der Waals surface area contributed by atoms with E-state index in [0.29, 0.717) is 25.3 Å². The number of nitrogens with zero attached hydrogens (tertiary/aromatic N) is 1. The highest BCUT2D eigenvalue weighted by atomic mass is 31.2. The van der Waals surface area contributed by atoms with Gasteiger partial charge in [-0.2, -0.15) is 0 Å². The summed E-state index contributed by atoms with van der Waals surface area (Å²) in [5, 5.41) is 11.6. The molecule has 100 valence electrons. The van der Waals surface area contributed by atoms with Gasteiger partial charge in [0.25, 0.3) is 0 Å². The van der Waals surface area contributed by atoms with E-state index < -0.39 is 7.60 Å². The van der Waals surface area contributed by atoms with Crippen LogP contribution in [0.1, 0.15) is 34.1 Å². The van der Waals surface area contributed by atoms with Crippen LogP contribution in [0.4, 0.5) is 0 Å². The number of rotatable bonds is 8. The van der Waals surface area contributed by atoms with Gasteiger partial charge in [-0.05, 0) is 33.3 Å². The zero-order chi connectivity index (χ0) is 13.3. The van der Waals surface area contributed by atoms with Gasteiger partial charge in [0.2, 0.25) is 0 Å². The fraction of sp³-hybridized carbons (Fsp3) is 0.727. The Bertz CT molecular complexity index is 305. The molecular formula is C11H22NO4P. The minimum Gasteiger partial charge on any atom is -0.411 e. The monoisotopic (exact) mass is 263 g/mol. The van der Waals surface area contributed by atoms with Crippen molar-refractivity contribution in [3.63, 3.8) is 0 Å². The van der Waals surface area contributed by atoms with Crippen molar-refractivity contribution in [3.05, 3.63) is 12.2 Å². The molecule has 0 aliphatic heterocycles. The van der Waals surface area contributed by atoms with Crippen LogP contribution in [0, 0.1) is 0 Å². The fourth-order valence-corrected chi connectivity index (χ4v) is 3.26. The Morgan fingerprint density at radius 3 is 2.24 bits per heavy atom. The lowest BCUT2D eigenvalue weighted by Gasteiger charge is -2.22. The van der Waals surface area contributed by atoms with Crippen LogP contribution >= 0.6 is 7.60 Å². The molecule has 0 fully saturated rings. The van der Waals surface area contributed by atoms with Crippen LogP contribution in [0.25, 0.3) is 0 Å². The van der Waals surface area contributed by atoms with Gasteiger partial charge >= 0.3 is 7.60 Å². The summed E-state index contributed by atoms with van der Waals surface area (Å²) in [7, 11) is -3.12. The van der Waals surface area contributed by atoms with Crippen LogP contribution in [0.15, 0.2) is 17.3 Å². The lowest BCUT2D eigenvalue weighted by molar-refractivity contribution is 0.215. The number of hydrogen-bond acceptors (Lipinski definition) is 5. The smallest absolute Gasteiger partial charge is 0.337 e. The third kappa shape index (κ3) is 5.48. The van der Waals surface area contributed by atoms with Gasteiger partial charge in [0.15, 0.2) is 0 Å². The highest BCUT2D eigenvalue weighted by Crippen LogP contribution is 2.54. The van der Waals surface area contributed by atoms with Gasteiger partial charge in [-0.15, -0.1) is 0 Å². The molecule has 0 aromatic rings. The maximum atomic E-state index is 12.4. The summed E-state index contributed by atoms with van der Waals surface area (Å²) in [6.45, 7) is 7.80. The van der Waals surface area contributed by atoms with Gasteiger partial charge in [0, 0.05) is 0 Å². The van der Waals surface area contributed by atoms with E-state index >= 15 is 0 Å². The van der Waals surface area contributed by atoms with E-state index in [9.17, 15) is 4.57 Å². The van der Waals surface area contributed by atoms with Crippen LogP contribution < -0.4 is 0 Å². The molecule has 0 saturated carbocycles. The van der Waals surface area contributed by atoms with Crippen molar-refractivity contribution in [2.24, 2.45) is 5.16 Å². The Kier molecular flexibility index (Phi) is 8.13. The van der Waals surface area contributed by atoms with E-state index in [1.54, 1.807) is 32.9 Å². The molecule has 0 amide bonds. The lowest BCUT2D eigenvalue weighted by atomic mass is 10.3. The first-order valence-electron chi connectivity index (χ1n) is 5.79. The Hall–Kier alpha value is -0.640. The van der Waals surface area contributed by atoms with Gasteiger partial charge in [-0.3, -0.25) is 4.57 Å². The summed E-state index contributed by atoms with van der Waals surface area (Å²) >= 11 is 0. The van der Waals surface area contributed by atoms with Crippen molar-refractivity contribution in [3.8, 4) is 0 Å². The predicted octanol–water partition coefficient (Wildman–Crippen LogP) is 3.44. The zero-order valence-electron chi connectivity index (χ0n) is 10.9. The van der Waals surface area contributed by atoms with Crippen LogP contribution in [0.3, 0.4) is 0 Å². The second-order valence-corrected chi connectivity index (χ2v) is 5.71. The normalized spacial score (nSPS) is 15.4. The van der Waals surface area contributed by atoms with Crippen LogP contribution in [-0.4, -0.2) is 29.8 Å². The lowest BCUT2D eigenvalue weighted by Crippen LogP contribution is -2.10. The van der Waals surface area contributed by atoms with Gasteiger partial charge in [-0.1, -0.05) is 18.2 Å². The largest absolute Gasteiger partial charge is 0.411 e. The quantitative estimate of drug-likeness (QED) is 0.315. The van der Waals surface area contributed by atoms with E-state index in [0.717, 1.165) is 0 Å². The summed E-state index contributed by atoms with van der Waals surface area (Å²) in [4.78, 5) is 0. The van der Waals surface area contributed by atoms with Gasteiger partial charge in [0.05, 0.1) is 24.6 Å². The van der Waals surface area contributed by atoms with Crippen molar-refractivity contribution in [2.75, 3.05) is 13.2 Å². The van der Waals surface area contributed by atoms with E-state index in [-0.39, 0.29) is 5.66 Å². The van der Waals surface area contributed by atoms with Crippen LogP contribution in [0.5, 0.6) is 0 Å². The highest BCUT2D eigenvalue weighted by molar-refractivity contribution is 7.54. The first-order valence-corrected chi connectivity index (χ1v) is 7.40. The summed E-state index contributed by atoms with van der Waals surface area (Å²) in [5.41, 5.74) is 0.127. The van der Waals surface area contributed by atoms with Gasteiger partial charge < -0.3 is 14.3 Å². The highest BCUT2D eigenvalue weighted by Gasteiger charge is 2.32. The molecule has 0 aromatic heterocycles. The van der Waals surface area contributed by atoms with Crippen molar-refractivity contribution in [1.82, 2.24) is 0 Å². The van der Waals surface area contributed by atoms with Crippen LogP contribution in [-0.2, 0) is 13.6 Å². The first-order chi connectivity index (χ1) is 8.03. The first kappa shape index (κ1) is 16.4. The number of hydrogen-bond donors (Lipinski definition) is 1. The summed E-state index contributed by atoms with van der Waals surface area (Å²) in [6.07, 6.45) is 3.95. The second-order valence-electron chi connectivity index (χ2n) is 3.45. The molecule has 0 aliphatic rings. The van der Waals surface area contributed by atoms with E-state index in [1.807, 2.05) is 6.92 Å². The topological polar surface area (TPSA) is 68.1 Å². The molecule has 1 atom stereocenters. The van der Waals surface area contributed by atoms with Crippen molar-refractivity contribution < 1.29 is 18.8 Å². The molecule has 1 N–H and O–H groups in total. The SMILES string of the molecule is CCOP(=O)(OCC)C(/C=C/C(C)=N\O)CC. The molecule has 0 aromatic carbocycles. The van der Waals surface area contributed by atoms with Crippen molar-refractivity contribution >= 4 is 13.3 Å². The van der Waals surface area contributed by atoms with E-state index in [2.05, 4.69) is 5.16 Å². The Morgan fingerprint density at radius 1 is 1.35 bits per heavy atom. The average Bonchev–Trinajstić information content (AvgIpc) is 2.29. The molecule has 0 bridgehead atoms. The molecule has 0 heterocycles. The number of oxime groups is 1. The third-order valence-electron chi connectivity index (χ3n) is 2.16. The standard InChI is InChI=1S/C11H22NO4P/c1-5-11(9-8-10(4)12-13)17(14,15-6-2)16-7-3/h8-9,11,13H,5-7H2,1-4H3/b9-8+,12-10-. The van der Waals surface area contributed by atoms with E-state index in [4.69, 9.17) is 14.3 Å². The predicted molar refractivity (Wildman–Crippen MR) is 69.0 cm³/mol. The molecule has 0 radical (unpaired) electrons. The molecule has 0 saturated heterocycles. The van der Waals surface area contributed by atoms with Gasteiger partial charge in [0.1, 0.15) is 0 Å². The molecule has 5 nitrogen and oxygen atoms in total. The zero-order valence-corrected chi connectivity index (χ0v) is 11.8. The Labute approximate surface area is 103 Å². The molecule has 0 rings (SSSR count). The maximum Gasteiger partial charge on any atom is 0.337 e. The molecular weight excluding hydrogens is 241 g/mol. The molecule has 17 heavy (non-hydrogen) atoms. The van der Waals surface area contributed by atoms with E-state index in [1.165, 1.54) is 0 Å². The molecule has 0 aliphatic carbocycles. The molecule has 6 heteroatoms. The third-order valence-corrected chi connectivity index (χ3v) is 4.75. The summed E-state index contributed by atoms with van der Waals surface area (Å²) in [5.74, 6) is 0. The molecule has 1 unspecified atom stereocenters. The molecule has 0 spiro atoms. The summed E-state index contributed by atoms with van der Waals surface area (Å²) in [6, 6.07) is 0. The van der Waals surface area contributed by atoms with Crippen LogP contribution in [0.2, 0.25) is 0 Å². The minimum absolute atomic E-state index is 0.320. The Morgan fingerprint density at radius 2 is 1.88 bits per heavy atom. The Balaban J connectivity index is 4.91. The second kappa shape index (κ2) is 8.45. The summed E-state index contributed by atoms with van der Waals surface area (Å²) < 4.78 is 23.0.